The minimum absolute atomic E-state index is 0.0887. The number of pyridine rings is 1. The summed E-state index contributed by atoms with van der Waals surface area (Å²) in [5.41, 5.74) is 0. The molecule has 1 heterocycles. The first kappa shape index (κ1) is 14.8. The van der Waals surface area contributed by atoms with E-state index in [2.05, 4.69) is 4.98 Å². The fraction of sp³-hybridized carbons (Fsp3) is 0.400. The van der Waals surface area contributed by atoms with Gasteiger partial charge in [0.05, 0.1) is 4.90 Å². The SMILES string of the molecule is O=S(=O)(c1cccc2cnccc12)N(CCCl)C1CCC1. The highest BCUT2D eigenvalue weighted by atomic mass is 35.5. The molecule has 3 rings (SSSR count). The third kappa shape index (κ3) is 2.65. The number of benzene rings is 1. The summed E-state index contributed by atoms with van der Waals surface area (Å²) in [6.45, 7) is 0.357. The lowest BCUT2D eigenvalue weighted by Gasteiger charge is -2.36. The predicted molar refractivity (Wildman–Crippen MR) is 84.0 cm³/mol. The van der Waals surface area contributed by atoms with E-state index in [0.29, 0.717) is 22.7 Å². The first-order valence-corrected chi connectivity index (χ1v) is 9.02. The zero-order chi connectivity index (χ0) is 14.9. The summed E-state index contributed by atoms with van der Waals surface area (Å²) in [6, 6.07) is 7.14. The van der Waals surface area contributed by atoms with Crippen molar-refractivity contribution in [2.24, 2.45) is 0 Å². The van der Waals surface area contributed by atoms with Gasteiger partial charge in [0.2, 0.25) is 10.0 Å². The molecule has 112 valence electrons. The van der Waals surface area contributed by atoms with Crippen molar-refractivity contribution in [3.8, 4) is 0 Å². The molecule has 1 aliphatic carbocycles. The topological polar surface area (TPSA) is 50.3 Å². The standard InChI is InChI=1S/C15H17ClN2O2S/c16-8-10-18(13-4-2-5-13)21(19,20)15-6-1-3-12-11-17-9-7-14(12)15/h1,3,6-7,9,11,13H,2,4-5,8,10H2. The summed E-state index contributed by atoms with van der Waals surface area (Å²) in [6.07, 6.45) is 6.23. The Labute approximate surface area is 129 Å². The Balaban J connectivity index is 2.10. The molecule has 1 aliphatic rings. The normalized spacial score (nSPS) is 16.3. The number of alkyl halides is 1. The Morgan fingerprint density at radius 1 is 1.29 bits per heavy atom. The third-order valence-corrected chi connectivity index (χ3v) is 6.19. The van der Waals surface area contributed by atoms with E-state index >= 15 is 0 Å². The monoisotopic (exact) mass is 324 g/mol. The average Bonchev–Trinajstić information content (AvgIpc) is 2.44. The molecule has 6 heteroatoms. The highest BCUT2D eigenvalue weighted by molar-refractivity contribution is 7.89. The second-order valence-electron chi connectivity index (χ2n) is 5.24. The molecule has 4 nitrogen and oxygen atoms in total. The predicted octanol–water partition coefficient (Wildman–Crippen LogP) is 3.02. The number of halogens is 1. The number of hydrogen-bond acceptors (Lipinski definition) is 3. The van der Waals surface area contributed by atoms with E-state index in [0.717, 1.165) is 24.6 Å². The molecule has 0 atom stereocenters. The smallest absolute Gasteiger partial charge is 0.243 e. The van der Waals surface area contributed by atoms with Gasteiger partial charge in [-0.1, -0.05) is 18.6 Å². The molecule has 0 N–H and O–H groups in total. The van der Waals surface area contributed by atoms with E-state index in [1.54, 1.807) is 34.9 Å². The van der Waals surface area contributed by atoms with Crippen LogP contribution in [0.5, 0.6) is 0 Å². The molecule has 0 bridgehead atoms. The van der Waals surface area contributed by atoms with Crippen molar-refractivity contribution < 1.29 is 8.42 Å². The van der Waals surface area contributed by atoms with Gasteiger partial charge in [0.25, 0.3) is 0 Å². The highest BCUT2D eigenvalue weighted by Gasteiger charge is 2.35. The zero-order valence-electron chi connectivity index (χ0n) is 11.6. The number of fused-ring (bicyclic) bond motifs is 1. The Morgan fingerprint density at radius 2 is 2.10 bits per heavy atom. The summed E-state index contributed by atoms with van der Waals surface area (Å²) in [7, 11) is -3.53. The van der Waals surface area contributed by atoms with Crippen LogP contribution in [-0.2, 0) is 10.0 Å². The summed E-state index contributed by atoms with van der Waals surface area (Å²) in [5, 5.41) is 1.55. The minimum Gasteiger partial charge on any atom is -0.264 e. The highest BCUT2D eigenvalue weighted by Crippen LogP contribution is 2.32. The van der Waals surface area contributed by atoms with E-state index < -0.39 is 10.0 Å². The van der Waals surface area contributed by atoms with Gasteiger partial charge in [0.15, 0.2) is 0 Å². The van der Waals surface area contributed by atoms with E-state index in [-0.39, 0.29) is 6.04 Å². The van der Waals surface area contributed by atoms with Gasteiger partial charge in [-0.25, -0.2) is 8.42 Å². The van der Waals surface area contributed by atoms with Gasteiger partial charge >= 0.3 is 0 Å². The molecule has 0 radical (unpaired) electrons. The van der Waals surface area contributed by atoms with Gasteiger partial charge in [-0.2, -0.15) is 4.31 Å². The minimum atomic E-state index is -3.53. The van der Waals surface area contributed by atoms with E-state index in [4.69, 9.17) is 11.6 Å². The van der Waals surface area contributed by atoms with Crippen LogP contribution in [0.4, 0.5) is 0 Å². The maximum Gasteiger partial charge on any atom is 0.243 e. The number of rotatable bonds is 5. The molecular weight excluding hydrogens is 308 g/mol. The Kier molecular flexibility index (Phi) is 4.15. The molecule has 1 fully saturated rings. The maximum absolute atomic E-state index is 13.0. The number of hydrogen-bond donors (Lipinski definition) is 0. The quantitative estimate of drug-likeness (QED) is 0.794. The second-order valence-corrected chi connectivity index (χ2v) is 7.48. The average molecular weight is 325 g/mol. The van der Waals surface area contributed by atoms with Crippen LogP contribution in [0.25, 0.3) is 10.8 Å². The van der Waals surface area contributed by atoms with Crippen LogP contribution < -0.4 is 0 Å². The van der Waals surface area contributed by atoms with Crippen LogP contribution in [0, 0.1) is 0 Å². The molecule has 0 amide bonds. The lowest BCUT2D eigenvalue weighted by Crippen LogP contribution is -2.45. The summed E-state index contributed by atoms with van der Waals surface area (Å²) < 4.78 is 27.6. The zero-order valence-corrected chi connectivity index (χ0v) is 13.1. The van der Waals surface area contributed by atoms with Crippen LogP contribution in [0.3, 0.4) is 0 Å². The summed E-state index contributed by atoms with van der Waals surface area (Å²) in [4.78, 5) is 4.40. The third-order valence-electron chi connectivity index (χ3n) is 4.01. The van der Waals surface area contributed by atoms with Gasteiger partial charge < -0.3 is 0 Å². The van der Waals surface area contributed by atoms with Crippen LogP contribution in [-0.4, -0.2) is 36.2 Å². The van der Waals surface area contributed by atoms with Gasteiger partial charge in [-0.05, 0) is 25.0 Å². The fourth-order valence-electron chi connectivity index (χ4n) is 2.70. The van der Waals surface area contributed by atoms with Crippen molar-refractivity contribution in [1.29, 1.82) is 0 Å². The van der Waals surface area contributed by atoms with Crippen molar-refractivity contribution in [3.63, 3.8) is 0 Å². The molecule has 2 aromatic rings. The fourth-order valence-corrected chi connectivity index (χ4v) is 4.89. The van der Waals surface area contributed by atoms with E-state index in [1.807, 2.05) is 6.07 Å². The first-order valence-electron chi connectivity index (χ1n) is 7.05. The molecule has 0 aliphatic heterocycles. The largest absolute Gasteiger partial charge is 0.264 e. The Bertz CT molecular complexity index is 739. The van der Waals surface area contributed by atoms with Crippen molar-refractivity contribution in [3.05, 3.63) is 36.7 Å². The Hall–Kier alpha value is -1.17. The maximum atomic E-state index is 13.0. The summed E-state index contributed by atoms with van der Waals surface area (Å²) in [5.74, 6) is 0.308. The number of nitrogens with zero attached hydrogens (tertiary/aromatic N) is 2. The molecule has 0 saturated heterocycles. The van der Waals surface area contributed by atoms with E-state index in [9.17, 15) is 8.42 Å². The molecule has 21 heavy (non-hydrogen) atoms. The molecule has 0 unspecified atom stereocenters. The second kappa shape index (κ2) is 5.91. The van der Waals surface area contributed by atoms with Gasteiger partial charge in [-0.15, -0.1) is 11.6 Å². The molecule has 1 aromatic carbocycles. The van der Waals surface area contributed by atoms with Crippen LogP contribution in [0.2, 0.25) is 0 Å². The van der Waals surface area contributed by atoms with Gasteiger partial charge in [-0.3, -0.25) is 4.98 Å². The van der Waals surface area contributed by atoms with Crippen LogP contribution in [0.15, 0.2) is 41.6 Å². The van der Waals surface area contributed by atoms with E-state index in [1.165, 1.54) is 0 Å². The Morgan fingerprint density at radius 3 is 2.76 bits per heavy atom. The lowest BCUT2D eigenvalue weighted by atomic mass is 9.93. The van der Waals surface area contributed by atoms with Crippen molar-refractivity contribution in [2.45, 2.75) is 30.2 Å². The lowest BCUT2D eigenvalue weighted by molar-refractivity contribution is 0.227. The first-order chi connectivity index (χ1) is 10.1. The number of sulfonamides is 1. The van der Waals surface area contributed by atoms with Crippen molar-refractivity contribution in [1.82, 2.24) is 9.29 Å². The molecular formula is C15H17ClN2O2S. The number of aromatic nitrogens is 1. The van der Waals surface area contributed by atoms with Crippen LogP contribution in [0.1, 0.15) is 19.3 Å². The summed E-state index contributed by atoms with van der Waals surface area (Å²) >= 11 is 5.82. The van der Waals surface area contributed by atoms with Gasteiger partial charge in [0.1, 0.15) is 0 Å². The molecule has 1 aromatic heterocycles. The van der Waals surface area contributed by atoms with Crippen molar-refractivity contribution >= 4 is 32.4 Å². The van der Waals surface area contributed by atoms with Gasteiger partial charge in [0, 0.05) is 41.6 Å². The van der Waals surface area contributed by atoms with Crippen LogP contribution >= 0.6 is 11.6 Å². The molecule has 0 spiro atoms. The van der Waals surface area contributed by atoms with Crippen molar-refractivity contribution in [2.75, 3.05) is 12.4 Å². The molecule has 1 saturated carbocycles.